The zero-order chi connectivity index (χ0) is 10.8. The topological polar surface area (TPSA) is 43.8 Å². The highest BCUT2D eigenvalue weighted by molar-refractivity contribution is 9.10. The zero-order valence-corrected chi connectivity index (χ0v) is 10.3. The fourth-order valence-electron chi connectivity index (χ4n) is 1.82. The molecule has 0 saturated carbocycles. The molecule has 2 aromatic rings. The number of para-hydroxylation sites is 1. The van der Waals surface area contributed by atoms with Crippen molar-refractivity contribution >= 4 is 26.8 Å². The van der Waals surface area contributed by atoms with E-state index in [9.17, 15) is 0 Å². The Balaban J connectivity index is 2.53. The first-order valence-corrected chi connectivity index (χ1v) is 5.83. The average molecular weight is 268 g/mol. The first-order valence-electron chi connectivity index (χ1n) is 5.04. The van der Waals surface area contributed by atoms with Crippen molar-refractivity contribution < 1.29 is 0 Å². The lowest BCUT2D eigenvalue weighted by Crippen LogP contribution is -2.01. The highest BCUT2D eigenvalue weighted by atomic mass is 79.9. The maximum Gasteiger partial charge on any atom is 0.0823 e. The van der Waals surface area contributed by atoms with Gasteiger partial charge in [0.1, 0.15) is 0 Å². The van der Waals surface area contributed by atoms with Crippen LogP contribution in [0.4, 0.5) is 0 Å². The lowest BCUT2D eigenvalue weighted by atomic mass is 10.1. The van der Waals surface area contributed by atoms with Gasteiger partial charge in [-0.15, -0.1) is 0 Å². The van der Waals surface area contributed by atoms with Crippen molar-refractivity contribution in [1.29, 1.82) is 0 Å². The quantitative estimate of drug-likeness (QED) is 0.927. The van der Waals surface area contributed by atoms with E-state index < -0.39 is 0 Å². The highest BCUT2D eigenvalue weighted by Gasteiger charge is 2.09. The van der Waals surface area contributed by atoms with Crippen molar-refractivity contribution in [3.63, 3.8) is 0 Å². The van der Waals surface area contributed by atoms with Gasteiger partial charge in [-0.1, -0.05) is 12.1 Å². The summed E-state index contributed by atoms with van der Waals surface area (Å²) in [5.41, 5.74) is 7.81. The molecule has 2 N–H and O–H groups in total. The molecule has 0 bridgehead atoms. The van der Waals surface area contributed by atoms with E-state index >= 15 is 0 Å². The van der Waals surface area contributed by atoms with Crippen LogP contribution in [-0.4, -0.2) is 16.3 Å². The van der Waals surface area contributed by atoms with Crippen LogP contribution < -0.4 is 5.73 Å². The van der Waals surface area contributed by atoms with Crippen molar-refractivity contribution in [2.75, 3.05) is 6.54 Å². The molecular formula is C11H14BrN3. The summed E-state index contributed by atoms with van der Waals surface area (Å²) in [6, 6.07) is 6.19. The number of benzene rings is 1. The van der Waals surface area contributed by atoms with Gasteiger partial charge in [0, 0.05) is 16.9 Å². The summed E-state index contributed by atoms with van der Waals surface area (Å²) in [7, 11) is 1.97. The number of halogens is 1. The fraction of sp³-hybridized carbons (Fsp3) is 0.364. The van der Waals surface area contributed by atoms with Gasteiger partial charge in [-0.3, -0.25) is 4.68 Å². The first-order chi connectivity index (χ1) is 7.24. The molecule has 0 unspecified atom stereocenters. The third-order valence-corrected chi connectivity index (χ3v) is 3.15. The van der Waals surface area contributed by atoms with E-state index in [0.29, 0.717) is 6.54 Å². The second kappa shape index (κ2) is 4.33. The molecule has 0 saturated heterocycles. The molecule has 0 radical (unpaired) electrons. The van der Waals surface area contributed by atoms with E-state index in [1.807, 2.05) is 23.9 Å². The normalized spacial score (nSPS) is 11.1. The second-order valence-corrected chi connectivity index (χ2v) is 4.45. The van der Waals surface area contributed by atoms with Crippen LogP contribution in [0.1, 0.15) is 12.1 Å². The molecule has 2 rings (SSSR count). The lowest BCUT2D eigenvalue weighted by Gasteiger charge is -1.96. The smallest absolute Gasteiger partial charge is 0.0823 e. The number of hydrogen-bond acceptors (Lipinski definition) is 2. The zero-order valence-electron chi connectivity index (χ0n) is 8.70. The number of hydrogen-bond donors (Lipinski definition) is 1. The highest BCUT2D eigenvalue weighted by Crippen LogP contribution is 2.26. The minimum atomic E-state index is 0.714. The van der Waals surface area contributed by atoms with Gasteiger partial charge in [-0.05, 0) is 41.4 Å². The van der Waals surface area contributed by atoms with Gasteiger partial charge >= 0.3 is 0 Å². The van der Waals surface area contributed by atoms with Crippen molar-refractivity contribution in [2.24, 2.45) is 12.8 Å². The monoisotopic (exact) mass is 267 g/mol. The summed E-state index contributed by atoms with van der Waals surface area (Å²) >= 11 is 3.54. The molecule has 0 aliphatic heterocycles. The van der Waals surface area contributed by atoms with Gasteiger partial charge in [-0.25, -0.2) is 0 Å². The Bertz CT molecular complexity index is 476. The van der Waals surface area contributed by atoms with Crippen LogP contribution in [0.15, 0.2) is 22.7 Å². The third kappa shape index (κ3) is 1.92. The van der Waals surface area contributed by atoms with E-state index in [0.717, 1.165) is 28.5 Å². The Morgan fingerprint density at radius 2 is 2.27 bits per heavy atom. The number of rotatable bonds is 3. The van der Waals surface area contributed by atoms with E-state index in [2.05, 4.69) is 27.1 Å². The molecule has 15 heavy (non-hydrogen) atoms. The number of nitrogens with two attached hydrogens (primary N) is 1. The standard InChI is InChI=1S/C11H14BrN3/c1-15-11-8(4-2-5-9(11)12)10(14-15)6-3-7-13/h2,4-5H,3,6-7,13H2,1H3. The van der Waals surface area contributed by atoms with Gasteiger partial charge in [0.25, 0.3) is 0 Å². The maximum atomic E-state index is 5.51. The summed E-state index contributed by atoms with van der Waals surface area (Å²) in [5, 5.41) is 5.74. The lowest BCUT2D eigenvalue weighted by molar-refractivity contribution is 0.738. The molecule has 80 valence electrons. The minimum absolute atomic E-state index is 0.714. The number of aryl methyl sites for hydroxylation is 2. The molecule has 3 nitrogen and oxygen atoms in total. The number of nitrogens with zero attached hydrogens (tertiary/aromatic N) is 2. The molecule has 0 atom stereocenters. The fourth-order valence-corrected chi connectivity index (χ4v) is 2.44. The van der Waals surface area contributed by atoms with Crippen molar-refractivity contribution in [2.45, 2.75) is 12.8 Å². The van der Waals surface area contributed by atoms with E-state index in [-0.39, 0.29) is 0 Å². The molecule has 0 fully saturated rings. The van der Waals surface area contributed by atoms with Crippen molar-refractivity contribution in [3.05, 3.63) is 28.4 Å². The molecular weight excluding hydrogens is 254 g/mol. The predicted octanol–water partition coefficient (Wildman–Crippen LogP) is 2.23. The van der Waals surface area contributed by atoms with Crippen LogP contribution in [0.3, 0.4) is 0 Å². The van der Waals surface area contributed by atoms with Crippen molar-refractivity contribution in [1.82, 2.24) is 9.78 Å². The minimum Gasteiger partial charge on any atom is -0.330 e. The molecule has 0 spiro atoms. The van der Waals surface area contributed by atoms with Gasteiger partial charge in [-0.2, -0.15) is 5.10 Å². The average Bonchev–Trinajstić information content (AvgIpc) is 2.54. The summed E-state index contributed by atoms with van der Waals surface area (Å²) in [6.45, 7) is 0.714. The van der Waals surface area contributed by atoms with E-state index in [1.54, 1.807) is 0 Å². The summed E-state index contributed by atoms with van der Waals surface area (Å²) in [5.74, 6) is 0. The van der Waals surface area contributed by atoms with E-state index in [4.69, 9.17) is 5.73 Å². The molecule has 0 amide bonds. The van der Waals surface area contributed by atoms with Gasteiger partial charge in [0.05, 0.1) is 11.2 Å². The largest absolute Gasteiger partial charge is 0.330 e. The number of aromatic nitrogens is 2. The Morgan fingerprint density at radius 1 is 1.47 bits per heavy atom. The number of fused-ring (bicyclic) bond motifs is 1. The van der Waals surface area contributed by atoms with Crippen LogP contribution in [-0.2, 0) is 13.5 Å². The molecule has 1 heterocycles. The van der Waals surface area contributed by atoms with Crippen LogP contribution >= 0.6 is 15.9 Å². The second-order valence-electron chi connectivity index (χ2n) is 3.60. The molecule has 0 aliphatic rings. The van der Waals surface area contributed by atoms with Crippen LogP contribution in [0.25, 0.3) is 10.9 Å². The Hall–Kier alpha value is -0.870. The van der Waals surface area contributed by atoms with Crippen LogP contribution in [0, 0.1) is 0 Å². The molecule has 1 aromatic carbocycles. The van der Waals surface area contributed by atoms with Crippen LogP contribution in [0.2, 0.25) is 0 Å². The Labute approximate surface area is 97.4 Å². The van der Waals surface area contributed by atoms with Crippen molar-refractivity contribution in [3.8, 4) is 0 Å². The summed E-state index contributed by atoms with van der Waals surface area (Å²) < 4.78 is 3.01. The molecule has 4 heteroatoms. The summed E-state index contributed by atoms with van der Waals surface area (Å²) in [4.78, 5) is 0. The van der Waals surface area contributed by atoms with Gasteiger partial charge in [0.15, 0.2) is 0 Å². The third-order valence-electron chi connectivity index (χ3n) is 2.51. The van der Waals surface area contributed by atoms with Crippen LogP contribution in [0.5, 0.6) is 0 Å². The first kappa shape index (κ1) is 10.6. The van der Waals surface area contributed by atoms with Gasteiger partial charge < -0.3 is 5.73 Å². The Morgan fingerprint density at radius 3 is 3.00 bits per heavy atom. The summed E-state index contributed by atoms with van der Waals surface area (Å²) in [6.07, 6.45) is 1.93. The van der Waals surface area contributed by atoms with E-state index in [1.165, 1.54) is 5.39 Å². The molecule has 1 aromatic heterocycles. The SMILES string of the molecule is Cn1nc(CCCN)c2cccc(Br)c21. The predicted molar refractivity (Wildman–Crippen MR) is 65.8 cm³/mol. The maximum absolute atomic E-state index is 5.51. The van der Waals surface area contributed by atoms with Gasteiger partial charge in [0.2, 0.25) is 0 Å². The Kier molecular flexibility index (Phi) is 3.07. The molecule has 0 aliphatic carbocycles.